The molecule has 0 fully saturated rings. The Morgan fingerprint density at radius 3 is 2.96 bits per heavy atom. The Bertz CT molecular complexity index is 1170. The fourth-order valence-corrected chi connectivity index (χ4v) is 2.60. The molecular weight excluding hydrogens is 348 g/mol. The molecule has 0 radical (unpaired) electrons. The first-order chi connectivity index (χ1) is 13.1. The van der Waals surface area contributed by atoms with Gasteiger partial charge in [0.15, 0.2) is 11.8 Å². The van der Waals surface area contributed by atoms with Crippen LogP contribution in [0.25, 0.3) is 22.6 Å². The maximum absolute atomic E-state index is 12.5. The van der Waals surface area contributed by atoms with Gasteiger partial charge in [0.25, 0.3) is 17.1 Å². The summed E-state index contributed by atoms with van der Waals surface area (Å²) in [5.74, 6) is -0.00621. The molecule has 10 nitrogen and oxygen atoms in total. The summed E-state index contributed by atoms with van der Waals surface area (Å²) in [4.78, 5) is 49.6. The van der Waals surface area contributed by atoms with E-state index in [0.717, 1.165) is 0 Å². The highest BCUT2D eigenvalue weighted by atomic mass is 16.1. The molecule has 4 rings (SSSR count). The lowest BCUT2D eigenvalue weighted by Gasteiger charge is -2.13. The molecule has 10 heteroatoms. The highest BCUT2D eigenvalue weighted by molar-refractivity contribution is 5.96. The van der Waals surface area contributed by atoms with E-state index >= 15 is 0 Å². The molecule has 0 aliphatic carbocycles. The van der Waals surface area contributed by atoms with E-state index in [-0.39, 0.29) is 11.5 Å². The van der Waals surface area contributed by atoms with Crippen LogP contribution in [0.1, 0.15) is 29.1 Å². The van der Waals surface area contributed by atoms with Crippen molar-refractivity contribution in [2.24, 2.45) is 0 Å². The highest BCUT2D eigenvalue weighted by Gasteiger charge is 2.17. The molecule has 0 aliphatic rings. The first-order valence-electron chi connectivity index (χ1n) is 8.13. The number of rotatable bonds is 4. The fourth-order valence-electron chi connectivity index (χ4n) is 2.60. The second-order valence-corrected chi connectivity index (χ2v) is 5.86. The van der Waals surface area contributed by atoms with Crippen LogP contribution in [0.4, 0.5) is 0 Å². The molecular formula is C17H15N8O2+. The van der Waals surface area contributed by atoms with Crippen LogP contribution in [0.15, 0.2) is 48.0 Å². The van der Waals surface area contributed by atoms with Crippen molar-refractivity contribution in [3.05, 3.63) is 65.0 Å². The van der Waals surface area contributed by atoms with Crippen LogP contribution < -0.4 is 15.9 Å². The lowest BCUT2D eigenvalue weighted by atomic mass is 10.2. The van der Waals surface area contributed by atoms with Crippen molar-refractivity contribution >= 4 is 17.1 Å². The van der Waals surface area contributed by atoms with Gasteiger partial charge in [-0.25, -0.2) is 19.9 Å². The molecule has 0 aromatic carbocycles. The van der Waals surface area contributed by atoms with Gasteiger partial charge < -0.3 is 10.3 Å². The summed E-state index contributed by atoms with van der Waals surface area (Å²) in [5, 5.41) is 2.81. The molecule has 0 bridgehead atoms. The molecule has 1 unspecified atom stereocenters. The number of carbonyl (C=O) groups is 1. The number of hydrogen-bond donors (Lipinski definition) is 3. The Hall–Kier alpha value is -3.95. The maximum atomic E-state index is 12.5. The topological polar surface area (TPSA) is 143 Å². The van der Waals surface area contributed by atoms with Gasteiger partial charge in [0.1, 0.15) is 18.3 Å². The molecule has 0 saturated heterocycles. The Labute approximate surface area is 152 Å². The van der Waals surface area contributed by atoms with E-state index in [1.165, 1.54) is 18.6 Å². The fraction of sp³-hybridized carbons (Fsp3) is 0.118. The summed E-state index contributed by atoms with van der Waals surface area (Å²) >= 11 is 0. The van der Waals surface area contributed by atoms with Gasteiger partial charge in [0.05, 0.1) is 23.0 Å². The van der Waals surface area contributed by atoms with E-state index in [4.69, 9.17) is 0 Å². The predicted octanol–water partition coefficient (Wildman–Crippen LogP) is 0.408. The first kappa shape index (κ1) is 16.5. The normalized spacial score (nSPS) is 12.0. The minimum atomic E-state index is -0.530. The van der Waals surface area contributed by atoms with E-state index in [1.807, 2.05) is 0 Å². The average Bonchev–Trinajstić information content (AvgIpc) is 3.16. The molecule has 4 heterocycles. The maximum Gasteiger partial charge on any atom is 0.299 e. The number of H-pyrrole nitrogens is 3. The molecule has 4 aromatic rings. The molecule has 1 atom stereocenters. The molecule has 0 saturated carbocycles. The van der Waals surface area contributed by atoms with E-state index in [1.54, 1.807) is 31.6 Å². The Balaban J connectivity index is 1.59. The minimum absolute atomic E-state index is 0.326. The lowest BCUT2D eigenvalue weighted by molar-refractivity contribution is -0.347. The smallest absolute Gasteiger partial charge is 0.299 e. The third kappa shape index (κ3) is 3.40. The van der Waals surface area contributed by atoms with Crippen molar-refractivity contribution in [1.82, 2.24) is 35.2 Å². The van der Waals surface area contributed by atoms with Crippen molar-refractivity contribution in [1.29, 1.82) is 0 Å². The number of hydrogen-bond acceptors (Lipinski definition) is 6. The molecule has 4 aromatic heterocycles. The molecule has 1 amide bonds. The summed E-state index contributed by atoms with van der Waals surface area (Å²) in [6.07, 6.45) is 6.05. The van der Waals surface area contributed by atoms with Crippen LogP contribution in [0.5, 0.6) is 0 Å². The number of aromatic nitrogens is 7. The Morgan fingerprint density at radius 1 is 1.26 bits per heavy atom. The molecule has 4 N–H and O–H groups in total. The lowest BCUT2D eigenvalue weighted by Crippen LogP contribution is -2.29. The van der Waals surface area contributed by atoms with Crippen LogP contribution in [0.3, 0.4) is 0 Å². The van der Waals surface area contributed by atoms with E-state index in [9.17, 15) is 9.59 Å². The second-order valence-electron chi connectivity index (χ2n) is 5.86. The van der Waals surface area contributed by atoms with E-state index < -0.39 is 6.04 Å². The summed E-state index contributed by atoms with van der Waals surface area (Å²) in [5.41, 5.74) is 2.35. The van der Waals surface area contributed by atoms with Crippen LogP contribution in [0.2, 0.25) is 0 Å². The first-order valence-corrected chi connectivity index (χ1v) is 8.13. The second kappa shape index (κ2) is 6.75. The molecule has 0 spiro atoms. The quantitative estimate of drug-likeness (QED) is 0.479. The number of imidazole rings is 1. The van der Waals surface area contributed by atoms with Gasteiger partial charge >= 0.3 is 0 Å². The average molecular weight is 363 g/mol. The summed E-state index contributed by atoms with van der Waals surface area (Å²) in [6.45, 7) is 1.73. The van der Waals surface area contributed by atoms with Crippen molar-refractivity contribution < 1.29 is 9.78 Å². The number of carbonyl (C=O) groups excluding carboxylic acids is 1. The van der Waals surface area contributed by atoms with Crippen molar-refractivity contribution in [3.63, 3.8) is 0 Å². The zero-order chi connectivity index (χ0) is 18.8. The van der Waals surface area contributed by atoms with Crippen LogP contribution in [-0.4, -0.2) is 35.8 Å². The SMILES string of the molecule is CC(NC(=O)c1cnc2[nH+]c[nH]c2c1)c1nc(-c2ccncn2)cc(=O)[nH]1. The molecule has 0 aliphatic heterocycles. The zero-order valence-corrected chi connectivity index (χ0v) is 14.2. The molecule has 134 valence electrons. The number of pyridine rings is 1. The summed E-state index contributed by atoms with van der Waals surface area (Å²) in [6, 6.07) is 4.16. The monoisotopic (exact) mass is 363 g/mol. The van der Waals surface area contributed by atoms with Gasteiger partial charge in [-0.2, -0.15) is 0 Å². The van der Waals surface area contributed by atoms with Crippen LogP contribution in [-0.2, 0) is 0 Å². The number of amides is 1. The third-order valence-electron chi connectivity index (χ3n) is 3.95. The third-order valence-corrected chi connectivity index (χ3v) is 3.95. The number of nitrogens with one attached hydrogen (secondary N) is 4. The summed E-state index contributed by atoms with van der Waals surface area (Å²) in [7, 11) is 0. The largest absolute Gasteiger partial charge is 0.342 e. The number of fused-ring (bicyclic) bond motifs is 1. The van der Waals surface area contributed by atoms with Crippen molar-refractivity contribution in [2.45, 2.75) is 13.0 Å². The van der Waals surface area contributed by atoms with Crippen LogP contribution in [0, 0.1) is 0 Å². The Kier molecular flexibility index (Phi) is 4.13. The van der Waals surface area contributed by atoms with Gasteiger partial charge in [-0.1, -0.05) is 0 Å². The van der Waals surface area contributed by atoms with E-state index in [2.05, 4.69) is 40.2 Å². The highest BCUT2D eigenvalue weighted by Crippen LogP contribution is 2.14. The predicted molar refractivity (Wildman–Crippen MR) is 94.4 cm³/mol. The Morgan fingerprint density at radius 2 is 2.15 bits per heavy atom. The van der Waals surface area contributed by atoms with Crippen molar-refractivity contribution in [2.75, 3.05) is 0 Å². The van der Waals surface area contributed by atoms with Gasteiger partial charge in [-0.15, -0.1) is 4.98 Å². The van der Waals surface area contributed by atoms with Crippen LogP contribution >= 0.6 is 0 Å². The number of nitrogens with zero attached hydrogens (tertiary/aromatic N) is 4. The summed E-state index contributed by atoms with van der Waals surface area (Å²) < 4.78 is 0. The van der Waals surface area contributed by atoms with E-state index in [0.29, 0.717) is 33.9 Å². The van der Waals surface area contributed by atoms with Crippen molar-refractivity contribution in [3.8, 4) is 11.4 Å². The van der Waals surface area contributed by atoms with Gasteiger partial charge in [0.2, 0.25) is 0 Å². The van der Waals surface area contributed by atoms with Gasteiger partial charge in [-0.05, 0) is 19.1 Å². The number of aromatic amines is 3. The van der Waals surface area contributed by atoms with Gasteiger partial charge in [0, 0.05) is 12.3 Å². The minimum Gasteiger partial charge on any atom is -0.342 e. The standard InChI is InChI=1S/C17H14N8O2/c1-9(23-17(27)10-4-13-16(19-6-10)22-8-21-13)15-24-12(5-14(26)25-15)11-2-3-18-7-20-11/h2-9H,1H3,(H,23,27)(H,19,21,22)(H,24,25,26)/p+1. The molecule has 27 heavy (non-hydrogen) atoms. The zero-order valence-electron chi connectivity index (χ0n) is 14.2. The van der Waals surface area contributed by atoms with Gasteiger partial charge in [-0.3, -0.25) is 14.6 Å².